The third-order valence-electron chi connectivity index (χ3n) is 9.31. The van der Waals surface area contributed by atoms with E-state index in [1.165, 1.54) is 0 Å². The summed E-state index contributed by atoms with van der Waals surface area (Å²) in [5.41, 5.74) is 3.64. The Morgan fingerprint density at radius 2 is 1.41 bits per heavy atom. The average molecular weight is 815 g/mol. The molecule has 0 saturated carbocycles. The molecule has 0 unspecified atom stereocenters. The van der Waals surface area contributed by atoms with Gasteiger partial charge in [-0.1, -0.05) is 75.4 Å². The van der Waals surface area contributed by atoms with Crippen LogP contribution in [0.5, 0.6) is 5.75 Å². The molecule has 59 heavy (non-hydrogen) atoms. The fourth-order valence-electron chi connectivity index (χ4n) is 6.43. The first-order chi connectivity index (χ1) is 28.6. The first-order valence-corrected chi connectivity index (χ1v) is 20.7. The molecule has 0 saturated heterocycles. The van der Waals surface area contributed by atoms with Crippen molar-refractivity contribution in [3.8, 4) is 16.9 Å². The summed E-state index contributed by atoms with van der Waals surface area (Å²) in [7, 11) is 0. The van der Waals surface area contributed by atoms with Gasteiger partial charge in [0.05, 0.1) is 58.7 Å². The molecule has 0 spiro atoms. The van der Waals surface area contributed by atoms with Crippen molar-refractivity contribution in [3.63, 3.8) is 0 Å². The van der Waals surface area contributed by atoms with Crippen molar-refractivity contribution >= 4 is 34.4 Å². The van der Waals surface area contributed by atoms with Crippen LogP contribution in [0.15, 0.2) is 79.0 Å². The number of amides is 2. The quantitative estimate of drug-likeness (QED) is 0.0413. The van der Waals surface area contributed by atoms with Crippen molar-refractivity contribution in [2.24, 2.45) is 5.92 Å². The van der Waals surface area contributed by atoms with Crippen LogP contribution in [0.4, 0.5) is 5.82 Å². The summed E-state index contributed by atoms with van der Waals surface area (Å²) < 4.78 is 28.2. The van der Waals surface area contributed by atoms with E-state index in [9.17, 15) is 19.5 Å². The number of aliphatic carboxylic acids is 1. The number of carboxylic acids is 1. The Hall–Kier alpha value is -5.08. The summed E-state index contributed by atoms with van der Waals surface area (Å²) in [6, 6.07) is 21.7. The highest BCUT2D eigenvalue weighted by Gasteiger charge is 2.26. The molecule has 320 valence electrons. The van der Waals surface area contributed by atoms with Gasteiger partial charge in [0.25, 0.3) is 0 Å². The van der Waals surface area contributed by atoms with Crippen molar-refractivity contribution in [2.75, 3.05) is 71.3 Å². The Morgan fingerprint density at radius 3 is 2.03 bits per heavy atom. The number of fused-ring (bicyclic) bond motifs is 1. The van der Waals surface area contributed by atoms with Crippen LogP contribution in [0.2, 0.25) is 0 Å². The fraction of sp³-hybridized carbons (Fsp3) is 0.478. The molecule has 0 aliphatic carbocycles. The van der Waals surface area contributed by atoms with Crippen LogP contribution in [0.25, 0.3) is 21.9 Å². The molecule has 4 N–H and O–H groups in total. The van der Waals surface area contributed by atoms with Gasteiger partial charge in [-0.05, 0) is 77.9 Å². The Kier molecular flexibility index (Phi) is 20.6. The van der Waals surface area contributed by atoms with Gasteiger partial charge < -0.3 is 44.7 Å². The number of hydrogen-bond donors (Lipinski definition) is 4. The van der Waals surface area contributed by atoms with Gasteiger partial charge in [0.2, 0.25) is 11.8 Å². The molecule has 3 aromatic carbocycles. The summed E-state index contributed by atoms with van der Waals surface area (Å²) in [4.78, 5) is 42.8. The number of ether oxygens (including phenoxy) is 5. The second-order valence-corrected chi connectivity index (χ2v) is 14.7. The number of carbonyl (C=O) groups excluding carboxylic acids is 2. The van der Waals surface area contributed by atoms with Gasteiger partial charge in [-0.15, -0.1) is 0 Å². The summed E-state index contributed by atoms with van der Waals surface area (Å²) in [5, 5.41) is 20.8. The number of anilines is 1. The predicted molar refractivity (Wildman–Crippen MR) is 230 cm³/mol. The third-order valence-corrected chi connectivity index (χ3v) is 9.31. The molecule has 0 fully saturated rings. The average Bonchev–Trinajstić information content (AvgIpc) is 3.22. The number of nitrogens with zero attached hydrogens (tertiary/aromatic N) is 1. The van der Waals surface area contributed by atoms with E-state index in [0.29, 0.717) is 77.8 Å². The van der Waals surface area contributed by atoms with Crippen LogP contribution in [0.3, 0.4) is 0 Å². The number of aromatic nitrogens is 1. The molecule has 0 aliphatic heterocycles. The molecule has 4 rings (SSSR count). The largest absolute Gasteiger partial charge is 0.491 e. The van der Waals surface area contributed by atoms with Gasteiger partial charge in [-0.2, -0.15) is 0 Å². The van der Waals surface area contributed by atoms with Crippen molar-refractivity contribution < 1.29 is 43.2 Å². The lowest BCUT2D eigenvalue weighted by atomic mass is 9.95. The number of rotatable bonds is 29. The van der Waals surface area contributed by atoms with Crippen molar-refractivity contribution in [1.29, 1.82) is 0 Å². The van der Waals surface area contributed by atoms with Crippen LogP contribution in [0, 0.1) is 12.8 Å². The molecule has 2 atom stereocenters. The zero-order chi connectivity index (χ0) is 42.2. The van der Waals surface area contributed by atoms with Crippen LogP contribution in [-0.4, -0.2) is 99.9 Å². The summed E-state index contributed by atoms with van der Waals surface area (Å²) in [6.45, 7) is 13.2. The third kappa shape index (κ3) is 17.0. The van der Waals surface area contributed by atoms with Crippen LogP contribution in [0.1, 0.15) is 70.0 Å². The summed E-state index contributed by atoms with van der Waals surface area (Å²) >= 11 is 0. The number of benzene rings is 3. The van der Waals surface area contributed by atoms with E-state index in [-0.39, 0.29) is 24.7 Å². The van der Waals surface area contributed by atoms with E-state index in [2.05, 4.69) is 27.9 Å². The zero-order valence-corrected chi connectivity index (χ0v) is 35.0. The van der Waals surface area contributed by atoms with Gasteiger partial charge in [0.1, 0.15) is 24.2 Å². The number of aryl methyl sites for hydroxylation is 1. The topological polar surface area (TPSA) is 167 Å². The lowest BCUT2D eigenvalue weighted by Crippen LogP contribution is -2.48. The number of pyridine rings is 1. The lowest BCUT2D eigenvalue weighted by molar-refractivity contribution is -0.138. The van der Waals surface area contributed by atoms with E-state index in [1.54, 1.807) is 6.20 Å². The highest BCUT2D eigenvalue weighted by molar-refractivity contribution is 6.00. The normalized spacial score (nSPS) is 12.3. The van der Waals surface area contributed by atoms with Crippen LogP contribution < -0.4 is 20.7 Å². The van der Waals surface area contributed by atoms with Gasteiger partial charge >= 0.3 is 5.97 Å². The minimum atomic E-state index is -1.05. The molecule has 2 amide bonds. The maximum absolute atomic E-state index is 13.6. The van der Waals surface area contributed by atoms with Gasteiger partial charge in [-0.3, -0.25) is 14.4 Å². The molecule has 13 heteroatoms. The van der Waals surface area contributed by atoms with E-state index in [0.717, 1.165) is 52.1 Å². The SMILES string of the molecule is CCCOCCOCCOCCOCCOc1ccc(-c2ccc([C@H](CC(=O)O)NC(=O)[C@H](CC(C)C)NC(=O)CCCNc3cc(C)ccn3)cc2)c2ccccc12. The minimum absolute atomic E-state index is 0.111. The maximum Gasteiger partial charge on any atom is 0.305 e. The van der Waals surface area contributed by atoms with Crippen molar-refractivity contribution in [3.05, 3.63) is 90.1 Å². The number of carboxylic acid groups (broad SMARTS) is 1. The molecule has 1 aromatic heterocycles. The molecule has 0 bridgehead atoms. The Bertz CT molecular complexity index is 1870. The highest BCUT2D eigenvalue weighted by Crippen LogP contribution is 2.35. The molecule has 13 nitrogen and oxygen atoms in total. The second-order valence-electron chi connectivity index (χ2n) is 14.7. The smallest absolute Gasteiger partial charge is 0.305 e. The molecule has 0 radical (unpaired) electrons. The first kappa shape index (κ1) is 46.6. The maximum atomic E-state index is 13.6. The van der Waals surface area contributed by atoms with Gasteiger partial charge in [0, 0.05) is 31.2 Å². The second kappa shape index (κ2) is 26.1. The van der Waals surface area contributed by atoms with Gasteiger partial charge in [0.15, 0.2) is 0 Å². The standard InChI is InChI=1S/C46H62N4O9/c1-5-21-55-22-23-56-24-25-57-26-27-58-28-29-59-42-17-16-37(38-9-6-7-10-39(38)42)35-12-14-36(15-13-35)40(32-45(52)53)50-46(54)41(30-33(2)3)49-44(51)11-8-19-47-43-31-34(4)18-20-48-43/h6-7,9-10,12-18,20,31,33,40-41H,5,8,11,19,21-30,32H2,1-4H3,(H,47,48)(H,49,51)(H,50,54)(H,52,53)/t40-,41-/m0/s1. The van der Waals surface area contributed by atoms with E-state index < -0.39 is 24.0 Å². The predicted octanol–water partition coefficient (Wildman–Crippen LogP) is 7.12. The van der Waals surface area contributed by atoms with E-state index in [1.807, 2.05) is 93.6 Å². The molecular weight excluding hydrogens is 753 g/mol. The number of hydrogen-bond acceptors (Lipinski definition) is 10. The first-order valence-electron chi connectivity index (χ1n) is 20.7. The summed E-state index contributed by atoms with van der Waals surface area (Å²) in [5.74, 6) is -0.123. The summed E-state index contributed by atoms with van der Waals surface area (Å²) in [6.07, 6.45) is 3.59. The Balaban J connectivity index is 1.30. The van der Waals surface area contributed by atoms with E-state index >= 15 is 0 Å². The monoisotopic (exact) mass is 814 g/mol. The van der Waals surface area contributed by atoms with Gasteiger partial charge in [-0.25, -0.2) is 4.98 Å². The zero-order valence-electron chi connectivity index (χ0n) is 35.0. The Labute approximate surface area is 348 Å². The fourth-order valence-corrected chi connectivity index (χ4v) is 6.43. The molecule has 0 aliphatic rings. The van der Waals surface area contributed by atoms with Crippen molar-refractivity contribution in [2.45, 2.75) is 71.9 Å². The lowest BCUT2D eigenvalue weighted by Gasteiger charge is -2.24. The minimum Gasteiger partial charge on any atom is -0.491 e. The molecule has 1 heterocycles. The van der Waals surface area contributed by atoms with Crippen LogP contribution >= 0.6 is 0 Å². The number of carbonyl (C=O) groups is 3. The van der Waals surface area contributed by atoms with Crippen molar-refractivity contribution in [1.82, 2.24) is 15.6 Å². The van der Waals surface area contributed by atoms with Crippen LogP contribution in [-0.2, 0) is 33.3 Å². The van der Waals surface area contributed by atoms with E-state index in [4.69, 9.17) is 23.7 Å². The Morgan fingerprint density at radius 1 is 0.763 bits per heavy atom. The number of nitrogens with one attached hydrogen (secondary N) is 3. The molecular formula is C46H62N4O9. The highest BCUT2D eigenvalue weighted by atomic mass is 16.6. The molecule has 4 aromatic rings.